The second-order valence-corrected chi connectivity index (χ2v) is 2.97. The fourth-order valence-corrected chi connectivity index (χ4v) is 1.58. The molecule has 1 nitrogen and oxygen atoms in total. The number of hydrogen-bond donors (Lipinski definition) is 1. The third-order valence-corrected chi connectivity index (χ3v) is 2.22. The van der Waals surface area contributed by atoms with Gasteiger partial charge in [-0.15, -0.1) is 0 Å². The largest absolute Gasteiger partial charge is 0.393 e. The van der Waals surface area contributed by atoms with Crippen molar-refractivity contribution in [1.82, 2.24) is 0 Å². The van der Waals surface area contributed by atoms with Gasteiger partial charge in [-0.3, -0.25) is 0 Å². The van der Waals surface area contributed by atoms with Crippen LogP contribution in [-0.2, 0) is 0 Å². The summed E-state index contributed by atoms with van der Waals surface area (Å²) in [6.07, 6.45) is 2.76. The van der Waals surface area contributed by atoms with Gasteiger partial charge in [0.2, 0.25) is 0 Å². The molecule has 0 unspecified atom stereocenters. The maximum absolute atomic E-state index is 9.28. The lowest BCUT2D eigenvalue weighted by Gasteiger charge is -2.09. The van der Waals surface area contributed by atoms with Gasteiger partial charge in [-0.2, -0.15) is 0 Å². The zero-order valence-electron chi connectivity index (χ0n) is 5.88. The van der Waals surface area contributed by atoms with E-state index in [4.69, 9.17) is 7.85 Å². The summed E-state index contributed by atoms with van der Waals surface area (Å²) in [5, 5.41) is 9.28. The lowest BCUT2D eigenvalue weighted by molar-refractivity contribution is 0.131. The smallest absolute Gasteiger partial charge is 0.0700 e. The minimum atomic E-state index is -0.120. The Balaban J connectivity index is 2.38. The van der Waals surface area contributed by atoms with E-state index in [0.717, 1.165) is 19.3 Å². The molecule has 0 amide bonds. The van der Waals surface area contributed by atoms with Crippen LogP contribution in [0.4, 0.5) is 0 Å². The molecule has 1 fully saturated rings. The standard InChI is InChI=1S/C7H13BO/c1-2-5-3-6(8)4-7(5)9/h5-7,9H,2-4H2,1H3/t5-,6-,7-/m0/s1. The van der Waals surface area contributed by atoms with Crippen molar-refractivity contribution in [2.45, 2.75) is 38.1 Å². The van der Waals surface area contributed by atoms with Gasteiger partial charge in [0.05, 0.1) is 14.0 Å². The van der Waals surface area contributed by atoms with Gasteiger partial charge in [-0.25, -0.2) is 0 Å². The van der Waals surface area contributed by atoms with Crippen LogP contribution in [0.15, 0.2) is 0 Å². The average Bonchev–Trinajstić information content (AvgIpc) is 2.10. The molecular formula is C7H13BO. The Morgan fingerprint density at radius 3 is 2.44 bits per heavy atom. The molecule has 0 saturated heterocycles. The Morgan fingerprint density at radius 1 is 1.56 bits per heavy atom. The summed E-state index contributed by atoms with van der Waals surface area (Å²) in [4.78, 5) is 0. The molecule has 0 aromatic carbocycles. The molecule has 0 spiro atoms. The Bertz CT molecular complexity index is 94.9. The molecule has 1 aliphatic rings. The second kappa shape index (κ2) is 2.74. The molecule has 3 atom stereocenters. The van der Waals surface area contributed by atoms with E-state index in [1.807, 2.05) is 0 Å². The maximum Gasteiger partial charge on any atom is 0.0700 e. The predicted octanol–water partition coefficient (Wildman–Crippen LogP) is 1.12. The first-order valence-corrected chi connectivity index (χ1v) is 3.67. The summed E-state index contributed by atoms with van der Waals surface area (Å²) in [7, 11) is 5.63. The van der Waals surface area contributed by atoms with Crippen molar-refractivity contribution in [2.24, 2.45) is 5.92 Å². The molecule has 1 saturated carbocycles. The zero-order valence-corrected chi connectivity index (χ0v) is 5.88. The average molecular weight is 124 g/mol. The van der Waals surface area contributed by atoms with Crippen LogP contribution in [0.3, 0.4) is 0 Å². The predicted molar refractivity (Wildman–Crippen MR) is 38.5 cm³/mol. The van der Waals surface area contributed by atoms with Crippen LogP contribution in [0.1, 0.15) is 26.2 Å². The van der Waals surface area contributed by atoms with Gasteiger partial charge in [0.15, 0.2) is 0 Å². The molecule has 1 rings (SSSR count). The lowest BCUT2D eigenvalue weighted by atomic mass is 9.85. The number of hydrogen-bond acceptors (Lipinski definition) is 1. The Labute approximate surface area is 57.9 Å². The zero-order chi connectivity index (χ0) is 6.85. The van der Waals surface area contributed by atoms with Gasteiger partial charge in [0.25, 0.3) is 0 Å². The van der Waals surface area contributed by atoms with Crippen molar-refractivity contribution >= 4 is 7.85 Å². The fraction of sp³-hybridized carbons (Fsp3) is 1.00. The summed E-state index contributed by atoms with van der Waals surface area (Å²) in [6, 6.07) is 0. The van der Waals surface area contributed by atoms with Crippen LogP contribution in [0.5, 0.6) is 0 Å². The van der Waals surface area contributed by atoms with Gasteiger partial charge < -0.3 is 5.11 Å². The van der Waals surface area contributed by atoms with Gasteiger partial charge in [-0.1, -0.05) is 25.6 Å². The second-order valence-electron chi connectivity index (χ2n) is 2.97. The number of aliphatic hydroxyl groups excluding tert-OH is 1. The molecule has 0 aromatic heterocycles. The van der Waals surface area contributed by atoms with E-state index in [0.29, 0.717) is 5.92 Å². The summed E-state index contributed by atoms with van der Waals surface area (Å²) in [5.41, 5.74) is 0. The summed E-state index contributed by atoms with van der Waals surface area (Å²) in [5.74, 6) is 0.727. The van der Waals surface area contributed by atoms with E-state index in [1.165, 1.54) is 0 Å². The highest BCUT2D eigenvalue weighted by molar-refractivity contribution is 6.11. The fourth-order valence-electron chi connectivity index (χ4n) is 1.58. The van der Waals surface area contributed by atoms with Crippen molar-refractivity contribution in [1.29, 1.82) is 0 Å². The van der Waals surface area contributed by atoms with Crippen LogP contribution in [-0.4, -0.2) is 19.1 Å². The van der Waals surface area contributed by atoms with E-state index < -0.39 is 0 Å². The summed E-state index contributed by atoms with van der Waals surface area (Å²) >= 11 is 0. The molecular weight excluding hydrogens is 111 g/mol. The van der Waals surface area contributed by atoms with Gasteiger partial charge in [0, 0.05) is 0 Å². The van der Waals surface area contributed by atoms with E-state index in [9.17, 15) is 5.11 Å². The minimum absolute atomic E-state index is 0.120. The van der Waals surface area contributed by atoms with E-state index in [1.54, 1.807) is 0 Å². The highest BCUT2D eigenvalue weighted by atomic mass is 16.3. The van der Waals surface area contributed by atoms with Gasteiger partial charge >= 0.3 is 0 Å². The SMILES string of the molecule is [B][C@H]1C[C@H](CC)[C@@H](O)C1. The van der Waals surface area contributed by atoms with E-state index in [2.05, 4.69) is 6.92 Å². The monoisotopic (exact) mass is 124 g/mol. The van der Waals surface area contributed by atoms with Crippen LogP contribution in [0.25, 0.3) is 0 Å². The molecule has 1 N–H and O–H groups in total. The highest BCUT2D eigenvalue weighted by Crippen LogP contribution is 2.34. The first-order valence-electron chi connectivity index (χ1n) is 3.67. The van der Waals surface area contributed by atoms with E-state index >= 15 is 0 Å². The molecule has 0 heterocycles. The molecule has 2 radical (unpaired) electrons. The van der Waals surface area contributed by atoms with Crippen LogP contribution >= 0.6 is 0 Å². The Hall–Kier alpha value is 0.0249. The van der Waals surface area contributed by atoms with Crippen LogP contribution in [0, 0.1) is 5.92 Å². The summed E-state index contributed by atoms with van der Waals surface area (Å²) in [6.45, 7) is 2.10. The van der Waals surface area contributed by atoms with Gasteiger partial charge in [-0.05, 0) is 12.3 Å². The molecule has 2 heteroatoms. The number of aliphatic hydroxyl groups is 1. The lowest BCUT2D eigenvalue weighted by Crippen LogP contribution is -2.10. The normalized spacial score (nSPS) is 43.6. The quantitative estimate of drug-likeness (QED) is 0.519. The van der Waals surface area contributed by atoms with E-state index in [-0.39, 0.29) is 11.9 Å². The van der Waals surface area contributed by atoms with Crippen molar-refractivity contribution in [3.05, 3.63) is 0 Å². The van der Waals surface area contributed by atoms with Crippen molar-refractivity contribution in [3.63, 3.8) is 0 Å². The van der Waals surface area contributed by atoms with Gasteiger partial charge in [0.1, 0.15) is 0 Å². The topological polar surface area (TPSA) is 20.2 Å². The van der Waals surface area contributed by atoms with Crippen LogP contribution in [0.2, 0.25) is 5.82 Å². The first-order chi connectivity index (χ1) is 4.24. The molecule has 0 bridgehead atoms. The molecule has 0 aromatic rings. The highest BCUT2D eigenvalue weighted by Gasteiger charge is 2.27. The third-order valence-electron chi connectivity index (χ3n) is 2.22. The molecule has 50 valence electrons. The summed E-state index contributed by atoms with van der Waals surface area (Å²) < 4.78 is 0. The van der Waals surface area contributed by atoms with Crippen molar-refractivity contribution < 1.29 is 5.11 Å². The Morgan fingerprint density at radius 2 is 2.22 bits per heavy atom. The molecule has 1 aliphatic carbocycles. The van der Waals surface area contributed by atoms with Crippen LogP contribution < -0.4 is 0 Å². The third kappa shape index (κ3) is 1.48. The van der Waals surface area contributed by atoms with Crippen molar-refractivity contribution in [2.75, 3.05) is 0 Å². The molecule has 0 aliphatic heterocycles. The number of rotatable bonds is 1. The Kier molecular flexibility index (Phi) is 2.17. The minimum Gasteiger partial charge on any atom is -0.393 e. The molecule has 9 heavy (non-hydrogen) atoms. The van der Waals surface area contributed by atoms with Crippen molar-refractivity contribution in [3.8, 4) is 0 Å². The first kappa shape index (κ1) is 7.14. The maximum atomic E-state index is 9.28.